The van der Waals surface area contributed by atoms with Gasteiger partial charge in [-0.05, 0) is 37.3 Å². The second-order valence-corrected chi connectivity index (χ2v) is 6.26. The molecule has 1 aliphatic rings. The van der Waals surface area contributed by atoms with Crippen LogP contribution in [-0.2, 0) is 4.79 Å². The van der Waals surface area contributed by atoms with Gasteiger partial charge in [0.2, 0.25) is 5.60 Å². The van der Waals surface area contributed by atoms with Crippen LogP contribution in [0.25, 0.3) is 6.08 Å². The highest BCUT2D eigenvalue weighted by Crippen LogP contribution is 2.29. The molecule has 132 valence electrons. The summed E-state index contributed by atoms with van der Waals surface area (Å²) in [5, 5.41) is 9.70. The summed E-state index contributed by atoms with van der Waals surface area (Å²) < 4.78 is 11.1. The van der Waals surface area contributed by atoms with E-state index in [9.17, 15) is 9.90 Å². The van der Waals surface area contributed by atoms with Crippen LogP contribution in [0.4, 0.5) is 0 Å². The number of rotatable bonds is 6. The second-order valence-electron chi connectivity index (χ2n) is 6.26. The van der Waals surface area contributed by atoms with Crippen LogP contribution in [0, 0.1) is 6.92 Å². The average Bonchev–Trinajstić information content (AvgIpc) is 3.12. The van der Waals surface area contributed by atoms with Crippen LogP contribution in [-0.4, -0.2) is 46.2 Å². The quantitative estimate of drug-likeness (QED) is 0.870. The van der Waals surface area contributed by atoms with Crippen molar-refractivity contribution in [3.05, 3.63) is 54.3 Å². The summed E-state index contributed by atoms with van der Waals surface area (Å²) in [5.41, 5.74) is -0.312. The lowest BCUT2D eigenvalue weighted by molar-refractivity contribution is -0.159. The molecule has 0 spiro atoms. The van der Waals surface area contributed by atoms with E-state index in [1.54, 1.807) is 18.5 Å². The summed E-state index contributed by atoms with van der Waals surface area (Å²) in [5.74, 6) is 0.394. The Morgan fingerprint density at radius 3 is 2.80 bits per heavy atom. The van der Waals surface area contributed by atoms with Crippen LogP contribution in [0.2, 0.25) is 0 Å². The fourth-order valence-electron chi connectivity index (χ4n) is 2.90. The maximum Gasteiger partial charge on any atom is 0.348 e. The topological polar surface area (TPSA) is 75.8 Å². The van der Waals surface area contributed by atoms with Crippen molar-refractivity contribution in [3.8, 4) is 5.75 Å². The zero-order valence-corrected chi connectivity index (χ0v) is 14.2. The van der Waals surface area contributed by atoms with Crippen molar-refractivity contribution in [1.82, 2.24) is 9.88 Å². The predicted molar refractivity (Wildman–Crippen MR) is 93.4 cm³/mol. The molecule has 2 aromatic rings. The van der Waals surface area contributed by atoms with Gasteiger partial charge in [-0.1, -0.05) is 6.08 Å². The molecule has 0 bridgehead atoms. The Kier molecular flexibility index (Phi) is 5.19. The van der Waals surface area contributed by atoms with Crippen molar-refractivity contribution in [2.45, 2.75) is 25.4 Å². The van der Waals surface area contributed by atoms with Crippen LogP contribution < -0.4 is 4.74 Å². The highest BCUT2D eigenvalue weighted by atomic mass is 16.5. The van der Waals surface area contributed by atoms with E-state index in [-0.39, 0.29) is 0 Å². The van der Waals surface area contributed by atoms with E-state index < -0.39 is 11.6 Å². The van der Waals surface area contributed by atoms with E-state index in [2.05, 4.69) is 9.88 Å². The fourth-order valence-corrected chi connectivity index (χ4v) is 2.90. The van der Waals surface area contributed by atoms with Crippen molar-refractivity contribution >= 4 is 12.0 Å². The van der Waals surface area contributed by atoms with Gasteiger partial charge in [-0.3, -0.25) is 9.88 Å². The van der Waals surface area contributed by atoms with Gasteiger partial charge in [0.05, 0.1) is 12.5 Å². The lowest BCUT2D eigenvalue weighted by Crippen LogP contribution is -2.53. The maximum atomic E-state index is 11.8. The third kappa shape index (κ3) is 4.28. The number of aliphatic carboxylic acids is 1. The predicted octanol–water partition coefficient (Wildman–Crippen LogP) is 2.99. The minimum absolute atomic E-state index is 0.435. The normalized spacial score (nSPS) is 17.6. The molecule has 25 heavy (non-hydrogen) atoms. The molecule has 6 heteroatoms. The maximum absolute atomic E-state index is 11.8. The van der Waals surface area contributed by atoms with E-state index >= 15 is 0 Å². The molecular formula is C19H22N2O4. The van der Waals surface area contributed by atoms with Crippen LogP contribution in [0.5, 0.6) is 5.75 Å². The molecule has 0 saturated carbocycles. The van der Waals surface area contributed by atoms with Crippen LogP contribution in [0.3, 0.4) is 0 Å². The number of furan rings is 1. The van der Waals surface area contributed by atoms with Crippen LogP contribution >= 0.6 is 0 Å². The van der Waals surface area contributed by atoms with E-state index in [0.29, 0.717) is 31.7 Å². The number of nitrogens with zero attached hydrogens (tertiary/aromatic N) is 2. The number of piperidine rings is 1. The van der Waals surface area contributed by atoms with E-state index in [4.69, 9.17) is 9.15 Å². The van der Waals surface area contributed by atoms with Crippen molar-refractivity contribution in [2.24, 2.45) is 0 Å². The van der Waals surface area contributed by atoms with Crippen molar-refractivity contribution in [2.75, 3.05) is 19.6 Å². The van der Waals surface area contributed by atoms with Crippen LogP contribution in [0.1, 0.15) is 24.3 Å². The van der Waals surface area contributed by atoms with Gasteiger partial charge in [-0.2, -0.15) is 0 Å². The summed E-state index contributed by atoms with van der Waals surface area (Å²) in [6.07, 6.45) is 8.04. The number of aryl methyl sites for hydroxylation is 1. The summed E-state index contributed by atoms with van der Waals surface area (Å²) in [4.78, 5) is 18.2. The third-order valence-corrected chi connectivity index (χ3v) is 4.44. The third-order valence-electron chi connectivity index (χ3n) is 4.44. The molecule has 0 amide bonds. The summed E-state index contributed by atoms with van der Waals surface area (Å²) >= 11 is 0. The summed E-state index contributed by atoms with van der Waals surface area (Å²) in [7, 11) is 0. The number of carboxylic acids is 1. The largest absolute Gasteiger partial charge is 0.478 e. The van der Waals surface area contributed by atoms with Gasteiger partial charge in [0.15, 0.2) is 0 Å². The SMILES string of the molecule is Cc1ccc(OC2(C(=O)O)CCN(CC=Cc3ccco3)CC2)cn1. The molecule has 0 aliphatic carbocycles. The minimum atomic E-state index is -1.18. The van der Waals surface area contributed by atoms with Crippen LogP contribution in [0.15, 0.2) is 47.2 Å². The standard InChI is InChI=1S/C19H22N2O4/c1-15-6-7-17(14-20-15)25-19(18(22)23)8-11-21(12-9-19)10-2-4-16-5-3-13-24-16/h2-7,13-14H,8-12H2,1H3,(H,22,23). The van der Waals surface area contributed by atoms with Crippen molar-refractivity contribution in [1.29, 1.82) is 0 Å². The first-order valence-electron chi connectivity index (χ1n) is 8.35. The minimum Gasteiger partial charge on any atom is -0.478 e. The van der Waals surface area contributed by atoms with Crippen molar-refractivity contribution in [3.63, 3.8) is 0 Å². The fraction of sp³-hybridized carbons (Fsp3) is 0.368. The molecule has 2 aromatic heterocycles. The molecule has 1 fully saturated rings. The van der Waals surface area contributed by atoms with Gasteiger partial charge in [0.25, 0.3) is 0 Å². The number of carboxylic acid groups (broad SMARTS) is 1. The van der Waals surface area contributed by atoms with Crippen molar-refractivity contribution < 1.29 is 19.1 Å². The lowest BCUT2D eigenvalue weighted by atomic mass is 9.91. The highest BCUT2D eigenvalue weighted by Gasteiger charge is 2.43. The number of aromatic nitrogens is 1. The molecule has 1 N–H and O–H groups in total. The number of pyridine rings is 1. The van der Waals surface area contributed by atoms with E-state index in [1.165, 1.54) is 0 Å². The highest BCUT2D eigenvalue weighted by molar-refractivity contribution is 5.78. The molecule has 0 atom stereocenters. The number of likely N-dealkylation sites (tertiary alicyclic amines) is 1. The first-order valence-corrected chi connectivity index (χ1v) is 8.35. The van der Waals surface area contributed by atoms with Gasteiger partial charge >= 0.3 is 5.97 Å². The summed E-state index contributed by atoms with van der Waals surface area (Å²) in [6.45, 7) is 3.95. The first-order chi connectivity index (χ1) is 12.1. The molecule has 1 saturated heterocycles. The van der Waals surface area contributed by atoms with E-state index in [1.807, 2.05) is 37.3 Å². The number of hydrogen-bond acceptors (Lipinski definition) is 5. The number of hydrogen-bond donors (Lipinski definition) is 1. The summed E-state index contributed by atoms with van der Waals surface area (Å²) in [6, 6.07) is 7.33. The Hall–Kier alpha value is -2.60. The number of carbonyl (C=O) groups is 1. The second kappa shape index (κ2) is 7.53. The molecule has 6 nitrogen and oxygen atoms in total. The first kappa shape index (κ1) is 17.2. The van der Waals surface area contributed by atoms with Gasteiger partial charge in [-0.15, -0.1) is 0 Å². The van der Waals surface area contributed by atoms with Gasteiger partial charge in [0.1, 0.15) is 11.5 Å². The van der Waals surface area contributed by atoms with Gasteiger partial charge in [0, 0.05) is 38.2 Å². The molecular weight excluding hydrogens is 320 g/mol. The molecule has 0 aromatic carbocycles. The zero-order valence-electron chi connectivity index (χ0n) is 14.2. The van der Waals surface area contributed by atoms with Gasteiger partial charge < -0.3 is 14.3 Å². The molecule has 1 aliphatic heterocycles. The molecule has 0 radical (unpaired) electrons. The van der Waals surface area contributed by atoms with Gasteiger partial charge in [-0.25, -0.2) is 4.79 Å². The number of ether oxygens (including phenoxy) is 1. The molecule has 3 rings (SSSR count). The Labute approximate surface area is 146 Å². The average molecular weight is 342 g/mol. The lowest BCUT2D eigenvalue weighted by Gasteiger charge is -2.38. The zero-order chi connectivity index (χ0) is 17.7. The Morgan fingerprint density at radius 1 is 1.40 bits per heavy atom. The van der Waals surface area contributed by atoms with E-state index in [0.717, 1.165) is 18.0 Å². The Bertz CT molecular complexity index is 714. The molecule has 3 heterocycles. The smallest absolute Gasteiger partial charge is 0.348 e. The monoisotopic (exact) mass is 342 g/mol. The Balaban J connectivity index is 1.58. The Morgan fingerprint density at radius 2 is 2.20 bits per heavy atom. The molecule has 0 unspecified atom stereocenters.